The van der Waals surface area contributed by atoms with Gasteiger partial charge in [0.05, 0.1) is 57.9 Å². The van der Waals surface area contributed by atoms with Crippen LogP contribution in [0.3, 0.4) is 0 Å². The number of amides is 6. The molecule has 0 unspecified atom stereocenters. The van der Waals surface area contributed by atoms with Crippen molar-refractivity contribution in [2.45, 2.75) is 114 Å². The molecular formula is C50H72F2N12O10S2. The van der Waals surface area contributed by atoms with Crippen LogP contribution in [0.2, 0.25) is 0 Å². The summed E-state index contributed by atoms with van der Waals surface area (Å²) in [6, 6.07) is 8.17. The molecule has 14 N–H and O–H groups in total. The average Bonchev–Trinajstić information content (AvgIpc) is 3.32. The van der Waals surface area contributed by atoms with Crippen molar-refractivity contribution in [3.63, 3.8) is 0 Å². The van der Waals surface area contributed by atoms with Gasteiger partial charge in [-0.25, -0.2) is 18.4 Å². The SMILES string of the molecule is COc1cc(OC)c(C(=O)Nc2cc(CF)cc(NC(=O)CCCCN=C(N)N)c2SCCNC(=O)OC(C)(C)C)cc1C(=O)Nc1cc(CF)cc(NC(=O)CCCCN=C(N)N)c1SCCNC(=O)OC(C)(C)C. The number of alkyl carbamates (subject to hydrolysis) is 2. The van der Waals surface area contributed by atoms with Crippen LogP contribution in [0.4, 0.5) is 41.1 Å². The molecule has 3 aromatic rings. The van der Waals surface area contributed by atoms with E-state index in [1.807, 2.05) is 0 Å². The average molecular weight is 1100 g/mol. The Morgan fingerprint density at radius 3 is 1.21 bits per heavy atom. The smallest absolute Gasteiger partial charge is 0.407 e. The van der Waals surface area contributed by atoms with E-state index in [-0.39, 0.29) is 106 Å². The number of nitrogens with zero attached hydrogens (tertiary/aromatic N) is 2. The van der Waals surface area contributed by atoms with Gasteiger partial charge in [0.25, 0.3) is 11.8 Å². The van der Waals surface area contributed by atoms with Gasteiger partial charge in [-0.15, -0.1) is 23.5 Å². The maximum atomic E-state index is 14.6. The van der Waals surface area contributed by atoms with E-state index in [0.29, 0.717) is 48.6 Å². The molecule has 0 bridgehead atoms. The van der Waals surface area contributed by atoms with Crippen molar-refractivity contribution in [1.29, 1.82) is 0 Å². The van der Waals surface area contributed by atoms with Gasteiger partial charge in [-0.2, -0.15) is 0 Å². The molecule has 0 saturated carbocycles. The number of methoxy groups -OCH3 is 2. The van der Waals surface area contributed by atoms with Gasteiger partial charge in [0.2, 0.25) is 11.8 Å². The second-order valence-corrected chi connectivity index (χ2v) is 20.9. The van der Waals surface area contributed by atoms with Gasteiger partial charge in [0, 0.05) is 56.6 Å². The molecule has 418 valence electrons. The number of halogens is 2. The number of carbonyl (C=O) groups is 6. The minimum Gasteiger partial charge on any atom is -0.496 e. The van der Waals surface area contributed by atoms with E-state index in [2.05, 4.69) is 41.9 Å². The van der Waals surface area contributed by atoms with Crippen LogP contribution in [-0.4, -0.2) is 111 Å². The molecule has 6 amide bonds. The number of unbranched alkanes of at least 4 members (excludes halogenated alkanes) is 2. The van der Waals surface area contributed by atoms with E-state index in [1.54, 1.807) is 41.5 Å². The molecule has 0 fully saturated rings. The topological polar surface area (TPSA) is 340 Å². The lowest BCUT2D eigenvalue weighted by Gasteiger charge is -2.21. The Morgan fingerprint density at radius 2 is 0.895 bits per heavy atom. The number of hydrogen-bond donors (Lipinski definition) is 10. The second-order valence-electron chi connectivity index (χ2n) is 18.6. The normalized spacial score (nSPS) is 11.1. The number of benzene rings is 3. The van der Waals surface area contributed by atoms with Crippen molar-refractivity contribution in [3.05, 3.63) is 58.7 Å². The molecule has 3 rings (SSSR count). The number of rotatable bonds is 28. The van der Waals surface area contributed by atoms with Gasteiger partial charge in [-0.05, 0) is 109 Å². The molecule has 22 nitrogen and oxygen atoms in total. The molecule has 0 heterocycles. The third kappa shape index (κ3) is 22.7. The minimum atomic E-state index is -0.984. The zero-order valence-electron chi connectivity index (χ0n) is 44.2. The Balaban J connectivity index is 2.08. The first-order chi connectivity index (χ1) is 35.9. The van der Waals surface area contributed by atoms with E-state index in [9.17, 15) is 37.5 Å². The summed E-state index contributed by atoms with van der Waals surface area (Å²) in [6.07, 6.45) is 0.626. The molecule has 0 aromatic heterocycles. The van der Waals surface area contributed by atoms with Crippen molar-refractivity contribution in [2.24, 2.45) is 32.9 Å². The Labute approximate surface area is 450 Å². The number of hydrogen-bond acceptors (Lipinski definition) is 14. The first-order valence-electron chi connectivity index (χ1n) is 24.1. The fourth-order valence-electron chi connectivity index (χ4n) is 6.72. The van der Waals surface area contributed by atoms with Crippen LogP contribution in [0.15, 0.2) is 56.2 Å². The highest BCUT2D eigenvalue weighted by atomic mass is 32.2. The van der Waals surface area contributed by atoms with E-state index in [0.717, 1.165) is 23.5 Å². The zero-order chi connectivity index (χ0) is 56.6. The predicted molar refractivity (Wildman–Crippen MR) is 294 cm³/mol. The van der Waals surface area contributed by atoms with Gasteiger partial charge in [0.15, 0.2) is 11.9 Å². The number of alkyl halides is 2. The van der Waals surface area contributed by atoms with Crippen molar-refractivity contribution < 1.29 is 56.5 Å². The molecule has 0 spiro atoms. The summed E-state index contributed by atoms with van der Waals surface area (Å²) >= 11 is 2.28. The number of nitrogens with two attached hydrogens (primary N) is 4. The number of aliphatic imine (C=N–C) groups is 2. The summed E-state index contributed by atoms with van der Waals surface area (Å²) in [4.78, 5) is 89.0. The summed E-state index contributed by atoms with van der Waals surface area (Å²) in [5, 5.41) is 16.6. The number of thioether (sulfide) groups is 2. The van der Waals surface area contributed by atoms with E-state index in [4.69, 9.17) is 41.9 Å². The first kappa shape index (κ1) is 63.1. The van der Waals surface area contributed by atoms with Gasteiger partial charge < -0.3 is 73.8 Å². The van der Waals surface area contributed by atoms with Crippen molar-refractivity contribution in [3.8, 4) is 11.5 Å². The molecule has 0 aliphatic heterocycles. The summed E-state index contributed by atoms with van der Waals surface area (Å²) in [7, 11) is 2.59. The quantitative estimate of drug-likeness (QED) is 0.0149. The van der Waals surface area contributed by atoms with E-state index >= 15 is 0 Å². The number of nitrogens with one attached hydrogen (secondary N) is 6. The number of ether oxygens (including phenoxy) is 4. The van der Waals surface area contributed by atoms with Crippen LogP contribution in [0.1, 0.15) is 112 Å². The Bertz CT molecular complexity index is 2400. The monoisotopic (exact) mass is 1100 g/mol. The lowest BCUT2D eigenvalue weighted by atomic mass is 10.1. The van der Waals surface area contributed by atoms with Crippen LogP contribution in [0.25, 0.3) is 0 Å². The van der Waals surface area contributed by atoms with E-state index < -0.39 is 60.4 Å². The van der Waals surface area contributed by atoms with Gasteiger partial charge >= 0.3 is 12.2 Å². The number of carbonyl (C=O) groups excluding carboxylic acids is 6. The summed E-state index contributed by atoms with van der Waals surface area (Å²) in [5.74, 6) is -2.31. The fourth-order valence-corrected chi connectivity index (χ4v) is 8.60. The van der Waals surface area contributed by atoms with Gasteiger partial charge in [-0.3, -0.25) is 29.2 Å². The van der Waals surface area contributed by atoms with Crippen LogP contribution in [0.5, 0.6) is 11.5 Å². The maximum Gasteiger partial charge on any atom is 0.407 e. The molecule has 0 aliphatic carbocycles. The second kappa shape index (κ2) is 31.0. The van der Waals surface area contributed by atoms with Crippen LogP contribution in [-0.2, 0) is 32.4 Å². The molecule has 0 aliphatic rings. The van der Waals surface area contributed by atoms with Crippen molar-refractivity contribution >= 4 is 94.0 Å². The maximum absolute atomic E-state index is 14.6. The molecule has 3 aromatic carbocycles. The largest absolute Gasteiger partial charge is 0.496 e. The molecule has 26 heteroatoms. The molecule has 0 saturated heterocycles. The number of guanidine groups is 2. The van der Waals surface area contributed by atoms with E-state index in [1.165, 1.54) is 50.6 Å². The van der Waals surface area contributed by atoms with Crippen molar-refractivity contribution in [1.82, 2.24) is 10.6 Å². The lowest BCUT2D eigenvalue weighted by Crippen LogP contribution is -2.33. The molecule has 0 radical (unpaired) electrons. The Morgan fingerprint density at radius 1 is 0.539 bits per heavy atom. The summed E-state index contributed by atoms with van der Waals surface area (Å²) in [6.45, 7) is 9.13. The predicted octanol–water partition coefficient (Wildman–Crippen LogP) is 7.15. The van der Waals surface area contributed by atoms with Gasteiger partial charge in [0.1, 0.15) is 36.1 Å². The van der Waals surface area contributed by atoms with Gasteiger partial charge in [-0.1, -0.05) is 0 Å². The third-order valence-electron chi connectivity index (χ3n) is 9.91. The van der Waals surface area contributed by atoms with Crippen LogP contribution >= 0.6 is 23.5 Å². The Kier molecular flexibility index (Phi) is 25.7. The fraction of sp³-hybridized carbons (Fsp3) is 0.480. The first-order valence-corrected chi connectivity index (χ1v) is 26.1. The standard InChI is InChI=1S/C50H72F2N12O10S2/c1-49(2,3)73-47(69)59-17-19-75-41-33(61-39(65)13-9-11-15-57-45(53)54)21-29(27-51)23-35(41)63-43(67)31-25-32(38(72-8)26-37(31)71-7)44(68)64-36-24-30(28-52)22-34(62-40(66)14-10-12-16-58-46(55)56)42(36)76-20-18-60-48(70)74-50(4,5)6/h21-26H,9-20,27-28H2,1-8H3,(H,59,69)(H,60,70)(H,61,65)(H,62,66)(H,63,67)(H,64,68)(H4,53,54,57)(H4,55,56,58). The minimum absolute atomic E-state index is 0.0333. The van der Waals surface area contributed by atoms with Crippen LogP contribution < -0.4 is 64.3 Å². The highest BCUT2D eigenvalue weighted by Crippen LogP contribution is 2.40. The highest BCUT2D eigenvalue weighted by molar-refractivity contribution is 7.99. The number of anilines is 4. The third-order valence-corrected chi connectivity index (χ3v) is 12.2. The molecular weight excluding hydrogens is 1030 g/mol. The van der Waals surface area contributed by atoms with Crippen LogP contribution in [0, 0.1) is 0 Å². The Hall–Kier alpha value is -7.22. The molecule has 76 heavy (non-hydrogen) atoms. The molecule has 0 atom stereocenters. The summed E-state index contributed by atoms with van der Waals surface area (Å²) in [5.41, 5.74) is 20.5. The zero-order valence-corrected chi connectivity index (χ0v) is 45.9. The van der Waals surface area contributed by atoms with Crippen molar-refractivity contribution in [2.75, 3.05) is 73.2 Å². The lowest BCUT2D eigenvalue weighted by molar-refractivity contribution is -0.117. The highest BCUT2D eigenvalue weighted by Gasteiger charge is 2.26. The summed E-state index contributed by atoms with van der Waals surface area (Å²) < 4.78 is 51.0.